The topological polar surface area (TPSA) is 86.7 Å². The molecule has 2 atom stereocenters. The van der Waals surface area contributed by atoms with Crippen LogP contribution in [0.25, 0.3) is 0 Å². The third kappa shape index (κ3) is 4.34. The van der Waals surface area contributed by atoms with Crippen molar-refractivity contribution in [3.63, 3.8) is 0 Å². The second-order valence-electron chi connectivity index (χ2n) is 5.80. The van der Waals surface area contributed by atoms with Crippen LogP contribution in [0.1, 0.15) is 38.5 Å². The minimum atomic E-state index is -3.50. The van der Waals surface area contributed by atoms with E-state index >= 15 is 0 Å². The van der Waals surface area contributed by atoms with E-state index < -0.39 is 22.1 Å². The van der Waals surface area contributed by atoms with Gasteiger partial charge in [-0.2, -0.15) is 29.2 Å². The Labute approximate surface area is 130 Å². The highest BCUT2D eigenvalue weighted by atomic mass is 32.2. The molecule has 1 aliphatic heterocycles. The maximum absolute atomic E-state index is 12.4. The lowest BCUT2D eigenvalue weighted by atomic mass is 9.96. The summed E-state index contributed by atoms with van der Waals surface area (Å²) in [6.07, 6.45) is 6.97. The number of hydrogen-bond acceptors (Lipinski definition) is 4. The number of rotatable bonds is 5. The van der Waals surface area contributed by atoms with E-state index in [1.54, 1.807) is 11.8 Å². The first-order valence-corrected chi connectivity index (χ1v) is 10.2. The molecule has 0 aromatic carbocycles. The van der Waals surface area contributed by atoms with Crippen molar-refractivity contribution >= 4 is 27.9 Å². The quantitative estimate of drug-likeness (QED) is 0.790. The molecule has 2 rings (SSSR count). The van der Waals surface area contributed by atoms with Crippen LogP contribution in [-0.4, -0.2) is 54.4 Å². The highest BCUT2D eigenvalue weighted by molar-refractivity contribution is 7.99. The van der Waals surface area contributed by atoms with E-state index in [1.165, 1.54) is 4.31 Å². The Kier molecular flexibility index (Phi) is 5.93. The van der Waals surface area contributed by atoms with Crippen LogP contribution >= 0.6 is 11.8 Å². The summed E-state index contributed by atoms with van der Waals surface area (Å²) < 4.78 is 29.1. The molecule has 0 amide bonds. The van der Waals surface area contributed by atoms with Crippen molar-refractivity contribution in [3.05, 3.63) is 0 Å². The second kappa shape index (κ2) is 7.30. The largest absolute Gasteiger partial charge is 0.481 e. The number of piperidine rings is 1. The van der Waals surface area contributed by atoms with E-state index in [0.717, 1.165) is 25.7 Å². The minimum absolute atomic E-state index is 0.00375. The SMILES string of the molecule is CSC1CCCCC1NS(=O)(=O)N1CCC(C(=O)O)CC1. The molecule has 0 aromatic heterocycles. The fourth-order valence-corrected chi connectivity index (χ4v) is 5.65. The predicted octanol–water partition coefficient (Wildman–Crippen LogP) is 1.29. The van der Waals surface area contributed by atoms with E-state index in [-0.39, 0.29) is 6.04 Å². The molecule has 0 bridgehead atoms. The van der Waals surface area contributed by atoms with Crippen LogP contribution < -0.4 is 4.72 Å². The number of carbonyl (C=O) groups is 1. The smallest absolute Gasteiger partial charge is 0.306 e. The monoisotopic (exact) mass is 336 g/mol. The van der Waals surface area contributed by atoms with Crippen molar-refractivity contribution in [2.24, 2.45) is 5.92 Å². The van der Waals surface area contributed by atoms with Crippen LogP contribution in [0.5, 0.6) is 0 Å². The van der Waals surface area contributed by atoms with E-state index in [2.05, 4.69) is 4.72 Å². The van der Waals surface area contributed by atoms with Crippen LogP contribution in [0.15, 0.2) is 0 Å². The number of nitrogens with one attached hydrogen (secondary N) is 1. The Morgan fingerprint density at radius 1 is 1.19 bits per heavy atom. The molecule has 122 valence electrons. The summed E-state index contributed by atoms with van der Waals surface area (Å²) in [5, 5.41) is 9.31. The lowest BCUT2D eigenvalue weighted by molar-refractivity contribution is -0.142. The Morgan fingerprint density at radius 2 is 1.81 bits per heavy atom. The number of thioether (sulfide) groups is 1. The molecule has 1 heterocycles. The second-order valence-corrected chi connectivity index (χ2v) is 8.58. The van der Waals surface area contributed by atoms with Crippen LogP contribution in [0, 0.1) is 5.92 Å². The molecular weight excluding hydrogens is 312 g/mol. The van der Waals surface area contributed by atoms with Crippen LogP contribution in [0.2, 0.25) is 0 Å². The Balaban J connectivity index is 1.94. The van der Waals surface area contributed by atoms with Gasteiger partial charge in [-0.1, -0.05) is 12.8 Å². The molecule has 0 aromatic rings. The van der Waals surface area contributed by atoms with Gasteiger partial charge in [0.25, 0.3) is 10.2 Å². The van der Waals surface area contributed by atoms with Crippen LogP contribution in [0.4, 0.5) is 0 Å². The number of aliphatic carboxylic acids is 1. The zero-order valence-corrected chi connectivity index (χ0v) is 14.0. The van der Waals surface area contributed by atoms with Crippen molar-refractivity contribution in [2.45, 2.75) is 49.8 Å². The zero-order valence-electron chi connectivity index (χ0n) is 12.3. The van der Waals surface area contributed by atoms with Gasteiger partial charge in [-0.05, 0) is 31.9 Å². The molecule has 8 heteroatoms. The summed E-state index contributed by atoms with van der Waals surface area (Å²) in [5.74, 6) is -1.24. The molecule has 0 radical (unpaired) electrons. The van der Waals surface area contributed by atoms with Gasteiger partial charge in [0.15, 0.2) is 0 Å². The third-order valence-corrected chi connectivity index (χ3v) is 7.26. The number of hydrogen-bond donors (Lipinski definition) is 2. The molecule has 1 saturated carbocycles. The number of nitrogens with zero attached hydrogens (tertiary/aromatic N) is 1. The lowest BCUT2D eigenvalue weighted by Crippen LogP contribution is -2.52. The minimum Gasteiger partial charge on any atom is -0.481 e. The lowest BCUT2D eigenvalue weighted by Gasteiger charge is -2.34. The number of carboxylic acid groups (broad SMARTS) is 1. The average Bonchev–Trinajstić information content (AvgIpc) is 2.47. The molecule has 2 N–H and O–H groups in total. The van der Waals surface area contributed by atoms with E-state index in [0.29, 0.717) is 31.2 Å². The maximum atomic E-state index is 12.4. The average molecular weight is 336 g/mol. The van der Waals surface area contributed by atoms with Gasteiger partial charge in [0.1, 0.15) is 0 Å². The van der Waals surface area contributed by atoms with E-state index in [1.807, 2.05) is 6.26 Å². The highest BCUT2D eigenvalue weighted by Gasteiger charge is 2.34. The van der Waals surface area contributed by atoms with E-state index in [4.69, 9.17) is 5.11 Å². The standard InChI is InChI=1S/C13H24N2O4S2/c1-20-12-5-3-2-4-11(12)14-21(18,19)15-8-6-10(7-9-15)13(16)17/h10-12,14H,2-9H2,1H3,(H,16,17). The fourth-order valence-electron chi connectivity index (χ4n) is 3.12. The number of carboxylic acids is 1. The first kappa shape index (κ1) is 17.1. The fraction of sp³-hybridized carbons (Fsp3) is 0.923. The van der Waals surface area contributed by atoms with Gasteiger partial charge in [0.2, 0.25) is 0 Å². The van der Waals surface area contributed by atoms with Crippen molar-refractivity contribution in [1.29, 1.82) is 0 Å². The normalized spacial score (nSPS) is 29.4. The molecule has 1 saturated heterocycles. The zero-order chi connectivity index (χ0) is 15.5. The van der Waals surface area contributed by atoms with Crippen LogP contribution in [0.3, 0.4) is 0 Å². The summed E-state index contributed by atoms with van der Waals surface area (Å²) in [7, 11) is -3.50. The molecule has 1 aliphatic carbocycles. The van der Waals surface area contributed by atoms with Gasteiger partial charge in [-0.25, -0.2) is 0 Å². The summed E-state index contributed by atoms with van der Waals surface area (Å²) in [6, 6.07) is -0.00375. The first-order chi connectivity index (χ1) is 9.94. The summed E-state index contributed by atoms with van der Waals surface area (Å²) in [5.41, 5.74) is 0. The summed E-state index contributed by atoms with van der Waals surface area (Å²) >= 11 is 1.72. The van der Waals surface area contributed by atoms with Gasteiger partial charge in [0, 0.05) is 24.4 Å². The summed E-state index contributed by atoms with van der Waals surface area (Å²) in [6.45, 7) is 0.589. The Morgan fingerprint density at radius 3 is 2.38 bits per heavy atom. The molecule has 21 heavy (non-hydrogen) atoms. The molecular formula is C13H24N2O4S2. The van der Waals surface area contributed by atoms with Gasteiger partial charge in [0.05, 0.1) is 5.92 Å². The Bertz CT molecular complexity index is 461. The van der Waals surface area contributed by atoms with Gasteiger partial charge in [-0.3, -0.25) is 4.79 Å². The van der Waals surface area contributed by atoms with E-state index in [9.17, 15) is 13.2 Å². The van der Waals surface area contributed by atoms with Gasteiger partial charge in [-0.15, -0.1) is 0 Å². The van der Waals surface area contributed by atoms with Crippen molar-refractivity contribution in [2.75, 3.05) is 19.3 Å². The van der Waals surface area contributed by atoms with Gasteiger partial charge >= 0.3 is 5.97 Å². The molecule has 2 unspecified atom stereocenters. The predicted molar refractivity (Wildman–Crippen MR) is 83.5 cm³/mol. The molecule has 2 fully saturated rings. The molecule has 0 spiro atoms. The third-order valence-electron chi connectivity index (χ3n) is 4.45. The highest BCUT2D eigenvalue weighted by Crippen LogP contribution is 2.28. The molecule has 2 aliphatic rings. The Hall–Kier alpha value is -0.310. The van der Waals surface area contributed by atoms with Crippen molar-refractivity contribution < 1.29 is 18.3 Å². The van der Waals surface area contributed by atoms with Gasteiger partial charge < -0.3 is 5.11 Å². The molecule has 6 nitrogen and oxygen atoms in total. The van der Waals surface area contributed by atoms with Crippen LogP contribution in [-0.2, 0) is 15.0 Å². The van der Waals surface area contributed by atoms with Crippen molar-refractivity contribution in [1.82, 2.24) is 9.03 Å². The maximum Gasteiger partial charge on any atom is 0.306 e. The van der Waals surface area contributed by atoms with Crippen molar-refractivity contribution in [3.8, 4) is 0 Å². The summed E-state index contributed by atoms with van der Waals surface area (Å²) in [4.78, 5) is 10.9. The first-order valence-electron chi connectivity index (χ1n) is 7.47.